The second kappa shape index (κ2) is 9.09. The van der Waals surface area contributed by atoms with Crippen LogP contribution in [0.15, 0.2) is 48.5 Å². The summed E-state index contributed by atoms with van der Waals surface area (Å²) in [7, 11) is 3.24. The minimum Gasteiger partial charge on any atom is -0.496 e. The summed E-state index contributed by atoms with van der Waals surface area (Å²) in [4.78, 5) is 12.9. The Kier molecular flexibility index (Phi) is 6.09. The third kappa shape index (κ3) is 4.21. The summed E-state index contributed by atoms with van der Waals surface area (Å²) >= 11 is 0. The molecule has 1 N–H and O–H groups in total. The van der Waals surface area contributed by atoms with Crippen LogP contribution in [-0.2, 0) is 24.3 Å². The molecule has 1 atom stereocenters. The molecule has 30 heavy (non-hydrogen) atoms. The third-order valence-electron chi connectivity index (χ3n) is 5.45. The van der Waals surface area contributed by atoms with Gasteiger partial charge < -0.3 is 19.4 Å². The number of nitrogens with one attached hydrogen (secondary N) is 1. The normalized spacial score (nSPS) is 15.9. The Morgan fingerprint density at radius 2 is 1.97 bits per heavy atom. The largest absolute Gasteiger partial charge is 0.496 e. The lowest BCUT2D eigenvalue weighted by molar-refractivity contribution is 0.0932. The number of hydrogen-bond acceptors (Lipinski definition) is 5. The Hall–Kier alpha value is -3.19. The Morgan fingerprint density at radius 3 is 2.73 bits per heavy atom. The van der Waals surface area contributed by atoms with Crippen molar-refractivity contribution in [3.8, 4) is 17.1 Å². The van der Waals surface area contributed by atoms with Gasteiger partial charge in [-0.25, -0.2) is 0 Å². The van der Waals surface area contributed by atoms with Gasteiger partial charge in [0.1, 0.15) is 11.6 Å². The molecule has 0 saturated heterocycles. The standard InChI is InChI=1S/C23H26N4O3/c1-29-15-18-14-17(8-10-20(18)30-2)23(28)24-19-9-11-21-25-26-22(27(21)13-12-19)16-6-4-3-5-7-16/h3-8,10,14,19H,9,11-13,15H2,1-2H3,(H,24,28). The van der Waals surface area contributed by atoms with E-state index < -0.39 is 0 Å². The summed E-state index contributed by atoms with van der Waals surface area (Å²) in [6.45, 7) is 1.17. The molecule has 1 aliphatic heterocycles. The highest BCUT2D eigenvalue weighted by molar-refractivity contribution is 5.94. The molecule has 0 aliphatic carbocycles. The number of nitrogens with zero attached hydrogens (tertiary/aromatic N) is 3. The molecule has 0 spiro atoms. The molecule has 2 aromatic carbocycles. The first-order chi connectivity index (χ1) is 14.7. The first kappa shape index (κ1) is 20.1. The molecule has 7 heteroatoms. The van der Waals surface area contributed by atoms with Gasteiger partial charge in [0.15, 0.2) is 5.82 Å². The number of amides is 1. The van der Waals surface area contributed by atoms with Gasteiger partial charge in [-0.3, -0.25) is 4.79 Å². The van der Waals surface area contributed by atoms with Crippen molar-refractivity contribution in [1.82, 2.24) is 20.1 Å². The van der Waals surface area contributed by atoms with Crippen LogP contribution in [0.1, 0.15) is 34.6 Å². The summed E-state index contributed by atoms with van der Waals surface area (Å²) in [6.07, 6.45) is 2.44. The highest BCUT2D eigenvalue weighted by atomic mass is 16.5. The van der Waals surface area contributed by atoms with Gasteiger partial charge in [0.05, 0.1) is 13.7 Å². The Labute approximate surface area is 176 Å². The second-order valence-corrected chi connectivity index (χ2v) is 7.41. The summed E-state index contributed by atoms with van der Waals surface area (Å²) in [5, 5.41) is 12.0. The maximum Gasteiger partial charge on any atom is 0.251 e. The Balaban J connectivity index is 1.45. The van der Waals surface area contributed by atoms with Gasteiger partial charge in [-0.2, -0.15) is 0 Å². The molecule has 7 nitrogen and oxygen atoms in total. The molecule has 1 amide bonds. The zero-order valence-electron chi connectivity index (χ0n) is 17.3. The van der Waals surface area contributed by atoms with Crippen molar-refractivity contribution in [3.63, 3.8) is 0 Å². The fourth-order valence-corrected chi connectivity index (χ4v) is 3.89. The van der Waals surface area contributed by atoms with E-state index >= 15 is 0 Å². The smallest absolute Gasteiger partial charge is 0.251 e. The highest BCUT2D eigenvalue weighted by Crippen LogP contribution is 2.24. The molecule has 1 aromatic heterocycles. The van der Waals surface area contributed by atoms with E-state index in [1.54, 1.807) is 20.3 Å². The van der Waals surface area contributed by atoms with Crippen molar-refractivity contribution in [2.24, 2.45) is 0 Å². The molecular weight excluding hydrogens is 380 g/mol. The van der Waals surface area contributed by atoms with Crippen LogP contribution in [0.25, 0.3) is 11.4 Å². The molecular formula is C23H26N4O3. The summed E-state index contributed by atoms with van der Waals surface area (Å²) in [5.74, 6) is 2.49. The van der Waals surface area contributed by atoms with Crippen molar-refractivity contribution in [2.45, 2.75) is 38.5 Å². The minimum atomic E-state index is -0.0824. The van der Waals surface area contributed by atoms with E-state index in [2.05, 4.69) is 20.1 Å². The van der Waals surface area contributed by atoms with Crippen molar-refractivity contribution < 1.29 is 14.3 Å². The topological polar surface area (TPSA) is 78.3 Å². The number of carbonyl (C=O) groups is 1. The van der Waals surface area contributed by atoms with E-state index in [4.69, 9.17) is 9.47 Å². The average Bonchev–Trinajstić information content (AvgIpc) is 3.09. The number of fused-ring (bicyclic) bond motifs is 1. The Morgan fingerprint density at radius 1 is 1.13 bits per heavy atom. The van der Waals surface area contributed by atoms with Crippen molar-refractivity contribution in [3.05, 3.63) is 65.5 Å². The number of rotatable bonds is 6. The van der Waals surface area contributed by atoms with Crippen LogP contribution >= 0.6 is 0 Å². The maximum absolute atomic E-state index is 12.9. The molecule has 4 rings (SSSR count). The number of carbonyl (C=O) groups excluding carboxylic acids is 1. The lowest BCUT2D eigenvalue weighted by Gasteiger charge is -2.17. The van der Waals surface area contributed by atoms with E-state index in [9.17, 15) is 4.79 Å². The molecule has 0 bridgehead atoms. The van der Waals surface area contributed by atoms with E-state index in [0.717, 1.165) is 48.6 Å². The number of methoxy groups -OCH3 is 2. The van der Waals surface area contributed by atoms with E-state index in [1.807, 2.05) is 42.5 Å². The fourth-order valence-electron chi connectivity index (χ4n) is 3.89. The molecule has 1 aliphatic rings. The molecule has 156 valence electrons. The monoisotopic (exact) mass is 406 g/mol. The number of hydrogen-bond donors (Lipinski definition) is 1. The number of benzene rings is 2. The summed E-state index contributed by atoms with van der Waals surface area (Å²) in [6, 6.07) is 15.6. The molecule has 0 radical (unpaired) electrons. The number of ether oxygens (including phenoxy) is 2. The predicted molar refractivity (Wildman–Crippen MR) is 113 cm³/mol. The lowest BCUT2D eigenvalue weighted by Crippen LogP contribution is -2.35. The fraction of sp³-hybridized carbons (Fsp3) is 0.348. The summed E-state index contributed by atoms with van der Waals surface area (Å²) < 4.78 is 12.7. The van der Waals surface area contributed by atoms with Crippen LogP contribution in [0.5, 0.6) is 5.75 Å². The quantitative estimate of drug-likeness (QED) is 0.680. The van der Waals surface area contributed by atoms with Crippen LogP contribution in [0, 0.1) is 0 Å². The summed E-state index contributed by atoms with van der Waals surface area (Å²) in [5.41, 5.74) is 2.52. The van der Waals surface area contributed by atoms with Gasteiger partial charge in [0, 0.05) is 42.8 Å². The first-order valence-electron chi connectivity index (χ1n) is 10.1. The predicted octanol–water partition coefficient (Wildman–Crippen LogP) is 3.24. The number of aromatic nitrogens is 3. The van der Waals surface area contributed by atoms with Gasteiger partial charge in [-0.1, -0.05) is 30.3 Å². The highest BCUT2D eigenvalue weighted by Gasteiger charge is 2.22. The molecule has 0 saturated carbocycles. The van der Waals surface area contributed by atoms with Crippen LogP contribution in [0.2, 0.25) is 0 Å². The van der Waals surface area contributed by atoms with E-state index in [0.29, 0.717) is 17.9 Å². The van der Waals surface area contributed by atoms with Crippen molar-refractivity contribution in [1.29, 1.82) is 0 Å². The van der Waals surface area contributed by atoms with E-state index in [-0.39, 0.29) is 11.9 Å². The van der Waals surface area contributed by atoms with Crippen molar-refractivity contribution in [2.75, 3.05) is 14.2 Å². The van der Waals surface area contributed by atoms with Crippen molar-refractivity contribution >= 4 is 5.91 Å². The van der Waals surface area contributed by atoms with Gasteiger partial charge in [0.2, 0.25) is 0 Å². The lowest BCUT2D eigenvalue weighted by atomic mass is 10.1. The Bertz CT molecular complexity index is 1020. The molecule has 0 fully saturated rings. The van der Waals surface area contributed by atoms with Gasteiger partial charge >= 0.3 is 0 Å². The molecule has 3 aromatic rings. The zero-order valence-corrected chi connectivity index (χ0v) is 17.3. The van der Waals surface area contributed by atoms with Gasteiger partial charge in [-0.05, 0) is 31.0 Å². The van der Waals surface area contributed by atoms with Crippen LogP contribution in [-0.4, -0.2) is 40.9 Å². The average molecular weight is 406 g/mol. The minimum absolute atomic E-state index is 0.0794. The van der Waals surface area contributed by atoms with Crippen LogP contribution in [0.4, 0.5) is 0 Å². The van der Waals surface area contributed by atoms with Gasteiger partial charge in [0.25, 0.3) is 5.91 Å². The first-order valence-corrected chi connectivity index (χ1v) is 10.1. The second-order valence-electron chi connectivity index (χ2n) is 7.41. The van der Waals surface area contributed by atoms with Gasteiger partial charge in [-0.15, -0.1) is 10.2 Å². The SMILES string of the molecule is COCc1cc(C(=O)NC2CCc3nnc(-c4ccccc4)n3CC2)ccc1OC. The maximum atomic E-state index is 12.9. The zero-order chi connectivity index (χ0) is 20.9. The molecule has 2 heterocycles. The third-order valence-corrected chi connectivity index (χ3v) is 5.45. The van der Waals surface area contributed by atoms with E-state index in [1.165, 1.54) is 0 Å². The molecule has 1 unspecified atom stereocenters. The number of aryl methyl sites for hydroxylation is 1. The van der Waals surface area contributed by atoms with Crippen LogP contribution < -0.4 is 10.1 Å². The van der Waals surface area contributed by atoms with Crippen LogP contribution in [0.3, 0.4) is 0 Å².